The highest BCUT2D eigenvalue weighted by molar-refractivity contribution is 7.47. The fourth-order valence-electron chi connectivity index (χ4n) is 6.35. The molecule has 0 aliphatic heterocycles. The Balaban J connectivity index is 4.54. The first-order valence-electron chi connectivity index (χ1n) is 23.3. The van der Waals surface area contributed by atoms with Gasteiger partial charge in [-0.05, 0) is 70.6 Å². The smallest absolute Gasteiger partial charge is 0.472 e. The third-order valence-electron chi connectivity index (χ3n) is 9.91. The normalized spacial score (nSPS) is 13.1. The molecule has 59 heavy (non-hydrogen) atoms. The van der Waals surface area contributed by atoms with E-state index in [1.807, 2.05) is 0 Å². The van der Waals surface area contributed by atoms with Gasteiger partial charge in [-0.15, -0.1) is 0 Å². The molecule has 2 unspecified atom stereocenters. The van der Waals surface area contributed by atoms with Crippen molar-refractivity contribution in [2.75, 3.05) is 26.4 Å². The highest BCUT2D eigenvalue weighted by Crippen LogP contribution is 2.43. The molecule has 1 amide bonds. The molecule has 0 aromatic heterocycles. The van der Waals surface area contributed by atoms with E-state index in [-0.39, 0.29) is 51.9 Å². The average Bonchev–Trinajstić information content (AvgIpc) is 3.20. The van der Waals surface area contributed by atoms with Crippen LogP contribution in [-0.2, 0) is 42.3 Å². The summed E-state index contributed by atoms with van der Waals surface area (Å²) in [5, 5.41) is 11.2. The minimum Gasteiger partial charge on any atom is -0.481 e. The van der Waals surface area contributed by atoms with E-state index >= 15 is 0 Å². The quantitative estimate of drug-likeness (QED) is 0.0230. The number of unbranched alkanes of at least 4 members (excludes halogenated alkanes) is 22. The lowest BCUT2D eigenvalue weighted by Gasteiger charge is -2.20. The Morgan fingerprint density at radius 1 is 0.542 bits per heavy atom. The molecule has 0 aliphatic rings. The van der Waals surface area contributed by atoms with Crippen LogP contribution in [0.1, 0.15) is 213 Å². The molecule has 0 saturated carbocycles. The number of phosphoric acid groups is 1. The highest BCUT2D eigenvalue weighted by Gasteiger charge is 2.26. The van der Waals surface area contributed by atoms with Gasteiger partial charge in [0.25, 0.3) is 0 Å². The number of esters is 2. The fourth-order valence-corrected chi connectivity index (χ4v) is 7.10. The van der Waals surface area contributed by atoms with Crippen LogP contribution in [0.4, 0.5) is 0 Å². The molecule has 0 heterocycles. The molecule has 0 saturated heterocycles. The summed E-state index contributed by atoms with van der Waals surface area (Å²) < 4.78 is 33.4. The van der Waals surface area contributed by atoms with Crippen molar-refractivity contribution in [3.05, 3.63) is 24.3 Å². The van der Waals surface area contributed by atoms with E-state index in [0.29, 0.717) is 12.8 Å². The van der Waals surface area contributed by atoms with Crippen LogP contribution in [0.25, 0.3) is 0 Å². The Morgan fingerprint density at radius 3 is 1.46 bits per heavy atom. The lowest BCUT2D eigenvalue weighted by Crippen LogP contribution is -2.30. The molecule has 13 heteroatoms. The molecule has 344 valence electrons. The Kier molecular flexibility index (Phi) is 40.4. The molecule has 0 rings (SSSR count). The number of carbonyl (C=O) groups is 4. The molecule has 0 bridgehead atoms. The zero-order valence-electron chi connectivity index (χ0n) is 37.2. The van der Waals surface area contributed by atoms with Crippen molar-refractivity contribution < 1.29 is 52.3 Å². The third kappa shape index (κ3) is 43.4. The van der Waals surface area contributed by atoms with Gasteiger partial charge in [0.05, 0.1) is 13.2 Å². The van der Waals surface area contributed by atoms with Gasteiger partial charge in [-0.3, -0.25) is 28.2 Å². The molecular formula is C46H84NO11P. The predicted octanol–water partition coefficient (Wildman–Crippen LogP) is 12.0. The number of amides is 1. The van der Waals surface area contributed by atoms with E-state index in [4.69, 9.17) is 23.6 Å². The van der Waals surface area contributed by atoms with Crippen molar-refractivity contribution in [3.8, 4) is 0 Å². The van der Waals surface area contributed by atoms with Gasteiger partial charge in [-0.25, -0.2) is 4.57 Å². The molecule has 12 nitrogen and oxygen atoms in total. The second kappa shape index (κ2) is 42.2. The number of carboxylic acid groups (broad SMARTS) is 1. The number of aliphatic carboxylic acids is 1. The van der Waals surface area contributed by atoms with Gasteiger partial charge in [-0.1, -0.05) is 141 Å². The van der Waals surface area contributed by atoms with Crippen LogP contribution >= 0.6 is 7.82 Å². The third-order valence-corrected chi connectivity index (χ3v) is 10.9. The molecule has 2 atom stereocenters. The van der Waals surface area contributed by atoms with Crippen LogP contribution in [0.3, 0.4) is 0 Å². The van der Waals surface area contributed by atoms with Crippen LogP contribution in [0.5, 0.6) is 0 Å². The summed E-state index contributed by atoms with van der Waals surface area (Å²) in [6.45, 7) is 3.18. The lowest BCUT2D eigenvalue weighted by molar-refractivity contribution is -0.161. The van der Waals surface area contributed by atoms with Gasteiger partial charge in [-0.2, -0.15) is 0 Å². The number of hydrogen-bond acceptors (Lipinski definition) is 9. The molecule has 0 spiro atoms. The van der Waals surface area contributed by atoms with Gasteiger partial charge in [0.15, 0.2) is 6.10 Å². The van der Waals surface area contributed by atoms with E-state index in [2.05, 4.69) is 43.5 Å². The van der Waals surface area contributed by atoms with Crippen LogP contribution in [0.2, 0.25) is 0 Å². The van der Waals surface area contributed by atoms with Crippen LogP contribution in [0.15, 0.2) is 24.3 Å². The first-order valence-corrected chi connectivity index (χ1v) is 24.8. The van der Waals surface area contributed by atoms with Crippen molar-refractivity contribution in [2.45, 2.75) is 219 Å². The number of carboxylic acids is 1. The van der Waals surface area contributed by atoms with Crippen LogP contribution < -0.4 is 5.32 Å². The fraction of sp³-hybridized carbons (Fsp3) is 0.826. The summed E-state index contributed by atoms with van der Waals surface area (Å²) >= 11 is 0. The van der Waals surface area contributed by atoms with E-state index < -0.39 is 44.3 Å². The monoisotopic (exact) mass is 858 g/mol. The minimum atomic E-state index is -4.60. The number of hydrogen-bond donors (Lipinski definition) is 3. The minimum absolute atomic E-state index is 0.000390. The van der Waals surface area contributed by atoms with E-state index in [0.717, 1.165) is 77.0 Å². The molecule has 0 aromatic carbocycles. The van der Waals surface area contributed by atoms with Gasteiger partial charge in [0.2, 0.25) is 5.91 Å². The van der Waals surface area contributed by atoms with E-state index in [1.54, 1.807) is 0 Å². The first kappa shape index (κ1) is 56.5. The van der Waals surface area contributed by atoms with Crippen molar-refractivity contribution in [3.63, 3.8) is 0 Å². The van der Waals surface area contributed by atoms with Gasteiger partial charge >= 0.3 is 25.7 Å². The number of nitrogens with one attached hydrogen (secondary N) is 1. The van der Waals surface area contributed by atoms with Crippen molar-refractivity contribution >= 4 is 31.6 Å². The van der Waals surface area contributed by atoms with Crippen molar-refractivity contribution in [1.82, 2.24) is 5.32 Å². The van der Waals surface area contributed by atoms with Gasteiger partial charge < -0.3 is 24.8 Å². The zero-order valence-corrected chi connectivity index (χ0v) is 38.0. The lowest BCUT2D eigenvalue weighted by atomic mass is 10.1. The summed E-state index contributed by atoms with van der Waals surface area (Å²) in [6, 6.07) is 0. The maximum absolute atomic E-state index is 12.7. The molecule has 0 fully saturated rings. The largest absolute Gasteiger partial charge is 0.481 e. The van der Waals surface area contributed by atoms with Crippen molar-refractivity contribution in [2.24, 2.45) is 0 Å². The molecule has 0 aromatic rings. The number of carbonyl (C=O) groups excluding carboxylic acids is 3. The average molecular weight is 858 g/mol. The molecule has 0 radical (unpaired) electrons. The van der Waals surface area contributed by atoms with E-state index in [1.165, 1.54) is 77.0 Å². The van der Waals surface area contributed by atoms with Gasteiger partial charge in [0, 0.05) is 32.2 Å². The summed E-state index contributed by atoms with van der Waals surface area (Å²) in [5.41, 5.74) is 0. The Bertz CT molecular complexity index is 1150. The topological polar surface area (TPSA) is 175 Å². The second-order valence-electron chi connectivity index (χ2n) is 15.7. The molecular weight excluding hydrogens is 773 g/mol. The number of ether oxygens (including phenoxy) is 2. The standard InChI is InChI=1S/C46H84NO11P/c1-3-5-7-9-11-13-15-17-19-21-23-25-27-29-31-36-45(51)55-40-42(41-57-59(53,54)56-39-38-47-43(48)34-33-35-44(49)50)58-46(52)37-32-30-28-26-24-22-20-18-16-14-12-10-8-6-4-2/h17-20,42H,3-16,21-41H2,1-2H3,(H,47,48)(H,49,50)(H,53,54)/b19-17-,20-18-. The SMILES string of the molecule is CCCCCCCC/C=C\CCCCCCCC(=O)OCC(COP(=O)(O)OCCNC(=O)CCCC(=O)O)OC(=O)CCCCCCC/C=C\CCCCCCCC. The summed E-state index contributed by atoms with van der Waals surface area (Å²) in [5.74, 6) is -2.36. The van der Waals surface area contributed by atoms with Crippen LogP contribution in [0, 0.1) is 0 Å². The van der Waals surface area contributed by atoms with Gasteiger partial charge in [0.1, 0.15) is 6.61 Å². The number of allylic oxidation sites excluding steroid dienone is 4. The predicted molar refractivity (Wildman–Crippen MR) is 236 cm³/mol. The highest BCUT2D eigenvalue weighted by atomic mass is 31.2. The molecule has 3 N–H and O–H groups in total. The maximum atomic E-state index is 12.7. The summed E-state index contributed by atoms with van der Waals surface area (Å²) in [6.07, 6.45) is 38.2. The van der Waals surface area contributed by atoms with Crippen LogP contribution in [-0.4, -0.2) is 66.3 Å². The maximum Gasteiger partial charge on any atom is 0.472 e. The number of phosphoric ester groups is 1. The first-order chi connectivity index (χ1) is 28.6. The Hall–Kier alpha value is -2.53. The Morgan fingerprint density at radius 2 is 0.983 bits per heavy atom. The summed E-state index contributed by atoms with van der Waals surface area (Å²) in [4.78, 5) is 57.8. The van der Waals surface area contributed by atoms with Crippen molar-refractivity contribution in [1.29, 1.82) is 0 Å². The second-order valence-corrected chi connectivity index (χ2v) is 17.1. The Labute approximate surface area is 358 Å². The number of rotatable bonds is 44. The van der Waals surface area contributed by atoms with E-state index in [9.17, 15) is 28.6 Å². The summed E-state index contributed by atoms with van der Waals surface area (Å²) in [7, 11) is -4.60. The molecule has 0 aliphatic carbocycles. The zero-order chi connectivity index (χ0) is 43.5.